The fraction of sp³-hybridized carbons (Fsp3) is 0.167. The Morgan fingerprint density at radius 3 is 2.50 bits per heavy atom. The highest BCUT2D eigenvalue weighted by Crippen LogP contribution is 2.13. The average Bonchev–Trinajstić information content (AvgIpc) is 2.59. The van der Waals surface area contributed by atoms with E-state index in [1.165, 1.54) is 24.3 Å². The second-order valence-electron chi connectivity index (χ2n) is 5.37. The normalized spacial score (nSPS) is 11.0. The van der Waals surface area contributed by atoms with Crippen molar-refractivity contribution in [2.24, 2.45) is 0 Å². The molecule has 0 saturated carbocycles. The number of hydrogen-bond donors (Lipinski definition) is 1. The van der Waals surface area contributed by atoms with Gasteiger partial charge in [-0.15, -0.1) is 0 Å². The lowest BCUT2D eigenvalue weighted by atomic mass is 10.2. The highest BCUT2D eigenvalue weighted by molar-refractivity contribution is 7.89. The van der Waals surface area contributed by atoms with Crippen LogP contribution in [0.3, 0.4) is 0 Å². The van der Waals surface area contributed by atoms with Gasteiger partial charge in [0.2, 0.25) is 10.0 Å². The van der Waals surface area contributed by atoms with E-state index in [9.17, 15) is 13.2 Å². The Morgan fingerprint density at radius 1 is 1.12 bits per heavy atom. The third-order valence-electron chi connectivity index (χ3n) is 3.14. The van der Waals surface area contributed by atoms with E-state index in [0.29, 0.717) is 5.57 Å². The second kappa shape index (κ2) is 7.90. The van der Waals surface area contributed by atoms with Gasteiger partial charge in [0.1, 0.15) is 6.61 Å². The topological polar surface area (TPSA) is 72.5 Å². The zero-order valence-electron chi connectivity index (χ0n) is 13.4. The fourth-order valence-corrected chi connectivity index (χ4v) is 2.98. The minimum absolute atomic E-state index is 0.0169. The van der Waals surface area contributed by atoms with Crippen LogP contribution in [0.4, 0.5) is 0 Å². The lowest BCUT2D eigenvalue weighted by Crippen LogP contribution is -2.23. The smallest absolute Gasteiger partial charge is 0.338 e. The molecule has 2 aromatic carbocycles. The molecule has 2 aromatic rings. The van der Waals surface area contributed by atoms with E-state index in [2.05, 4.69) is 11.3 Å². The van der Waals surface area contributed by atoms with Crippen molar-refractivity contribution in [3.8, 4) is 0 Å². The van der Waals surface area contributed by atoms with Crippen molar-refractivity contribution in [1.82, 2.24) is 4.72 Å². The summed E-state index contributed by atoms with van der Waals surface area (Å²) in [6, 6.07) is 14.9. The third kappa shape index (κ3) is 5.04. The molecule has 0 radical (unpaired) electrons. The molecule has 0 aliphatic rings. The second-order valence-corrected chi connectivity index (χ2v) is 7.14. The molecule has 0 bridgehead atoms. The molecule has 2 rings (SSSR count). The predicted octanol–water partition coefficient (Wildman–Crippen LogP) is 2.90. The minimum Gasteiger partial charge on any atom is -0.458 e. The summed E-state index contributed by atoms with van der Waals surface area (Å²) in [4.78, 5) is 11.9. The summed E-state index contributed by atoms with van der Waals surface area (Å²) in [5, 5.41) is 0. The number of carbonyl (C=O) groups excluding carboxylic acids is 1. The number of sulfonamides is 1. The number of hydrogen-bond acceptors (Lipinski definition) is 4. The van der Waals surface area contributed by atoms with Crippen molar-refractivity contribution in [3.05, 3.63) is 77.9 Å². The molecule has 5 nitrogen and oxygen atoms in total. The van der Waals surface area contributed by atoms with Gasteiger partial charge < -0.3 is 4.74 Å². The van der Waals surface area contributed by atoms with Gasteiger partial charge in [0, 0.05) is 6.54 Å². The third-order valence-corrected chi connectivity index (χ3v) is 4.54. The molecule has 0 aliphatic heterocycles. The molecule has 0 spiro atoms. The first-order valence-corrected chi connectivity index (χ1v) is 8.82. The van der Waals surface area contributed by atoms with Gasteiger partial charge in [-0.05, 0) is 36.3 Å². The van der Waals surface area contributed by atoms with Crippen molar-refractivity contribution >= 4 is 16.0 Å². The van der Waals surface area contributed by atoms with Crippen LogP contribution in [0, 0.1) is 0 Å². The van der Waals surface area contributed by atoms with E-state index in [-0.39, 0.29) is 23.6 Å². The molecule has 0 fully saturated rings. The molecule has 24 heavy (non-hydrogen) atoms. The van der Waals surface area contributed by atoms with Crippen molar-refractivity contribution < 1.29 is 17.9 Å². The van der Waals surface area contributed by atoms with Crippen LogP contribution in [0.15, 0.2) is 71.6 Å². The summed E-state index contributed by atoms with van der Waals surface area (Å²) < 4.78 is 32.3. The Labute approximate surface area is 142 Å². The average molecular weight is 345 g/mol. The molecule has 0 aliphatic carbocycles. The van der Waals surface area contributed by atoms with Gasteiger partial charge in [-0.25, -0.2) is 17.9 Å². The fourth-order valence-electron chi connectivity index (χ4n) is 1.92. The maximum absolute atomic E-state index is 12.4. The van der Waals surface area contributed by atoms with Crippen LogP contribution in [0.1, 0.15) is 22.8 Å². The van der Waals surface area contributed by atoms with Crippen LogP contribution in [-0.4, -0.2) is 21.0 Å². The molecule has 126 valence electrons. The van der Waals surface area contributed by atoms with E-state index >= 15 is 0 Å². The van der Waals surface area contributed by atoms with E-state index in [1.807, 2.05) is 30.3 Å². The van der Waals surface area contributed by atoms with Crippen molar-refractivity contribution in [2.45, 2.75) is 18.4 Å². The highest BCUT2D eigenvalue weighted by Gasteiger charge is 2.16. The molecule has 0 heterocycles. The van der Waals surface area contributed by atoms with E-state index in [4.69, 9.17) is 4.74 Å². The zero-order chi connectivity index (χ0) is 17.6. The minimum atomic E-state index is -3.72. The molecule has 6 heteroatoms. The van der Waals surface area contributed by atoms with Gasteiger partial charge in [-0.3, -0.25) is 0 Å². The van der Waals surface area contributed by atoms with E-state index < -0.39 is 16.0 Å². The van der Waals surface area contributed by atoms with Gasteiger partial charge in [0.25, 0.3) is 0 Å². The van der Waals surface area contributed by atoms with E-state index in [1.54, 1.807) is 6.92 Å². The summed E-state index contributed by atoms with van der Waals surface area (Å²) in [5.41, 5.74) is 1.73. The Morgan fingerprint density at radius 2 is 1.83 bits per heavy atom. The maximum atomic E-state index is 12.4. The first-order valence-electron chi connectivity index (χ1n) is 7.33. The van der Waals surface area contributed by atoms with Crippen molar-refractivity contribution in [1.29, 1.82) is 0 Å². The monoisotopic (exact) mass is 345 g/mol. The number of esters is 1. The number of ether oxygens (including phenoxy) is 1. The maximum Gasteiger partial charge on any atom is 0.338 e. The summed E-state index contributed by atoms with van der Waals surface area (Å²) in [7, 11) is -3.72. The van der Waals surface area contributed by atoms with Gasteiger partial charge in [0.05, 0.1) is 10.5 Å². The Kier molecular flexibility index (Phi) is 5.89. The van der Waals surface area contributed by atoms with Crippen LogP contribution in [0.25, 0.3) is 0 Å². The standard InChI is InChI=1S/C18H19NO4S/c1-14(2)13-23-18(20)16-9-6-10-17(11-16)24(21,22)19-12-15-7-4-3-5-8-15/h3-11,19H,1,12-13H2,2H3. The highest BCUT2D eigenvalue weighted by atomic mass is 32.2. The summed E-state index contributed by atoms with van der Waals surface area (Å²) >= 11 is 0. The molecular weight excluding hydrogens is 326 g/mol. The summed E-state index contributed by atoms with van der Waals surface area (Å²) in [6.07, 6.45) is 0. The van der Waals surface area contributed by atoms with Gasteiger partial charge in [-0.1, -0.05) is 43.0 Å². The number of benzene rings is 2. The van der Waals surface area contributed by atoms with Crippen molar-refractivity contribution in [3.63, 3.8) is 0 Å². The molecule has 0 unspecified atom stereocenters. The first-order chi connectivity index (χ1) is 11.4. The van der Waals surface area contributed by atoms with E-state index in [0.717, 1.165) is 5.56 Å². The van der Waals surface area contributed by atoms with Gasteiger partial charge >= 0.3 is 5.97 Å². The van der Waals surface area contributed by atoms with Crippen LogP contribution in [0.2, 0.25) is 0 Å². The predicted molar refractivity (Wildman–Crippen MR) is 92.0 cm³/mol. The Bertz CT molecular complexity index is 829. The SMILES string of the molecule is C=C(C)COC(=O)c1cccc(S(=O)(=O)NCc2ccccc2)c1. The summed E-state index contributed by atoms with van der Waals surface area (Å²) in [6.45, 7) is 5.66. The molecule has 0 aromatic heterocycles. The van der Waals surface area contributed by atoms with Crippen LogP contribution < -0.4 is 4.72 Å². The quantitative estimate of drug-likeness (QED) is 0.619. The zero-order valence-corrected chi connectivity index (χ0v) is 14.2. The number of nitrogens with one attached hydrogen (secondary N) is 1. The molecule has 0 amide bonds. The van der Waals surface area contributed by atoms with Crippen LogP contribution in [-0.2, 0) is 21.3 Å². The van der Waals surface area contributed by atoms with Gasteiger partial charge in [-0.2, -0.15) is 0 Å². The Hall–Kier alpha value is -2.44. The number of rotatable bonds is 7. The van der Waals surface area contributed by atoms with Crippen LogP contribution >= 0.6 is 0 Å². The summed E-state index contributed by atoms with van der Waals surface area (Å²) in [5.74, 6) is -0.585. The van der Waals surface area contributed by atoms with Gasteiger partial charge in [0.15, 0.2) is 0 Å². The number of carbonyl (C=O) groups is 1. The first kappa shape index (κ1) is 17.9. The molecule has 0 saturated heterocycles. The molecule has 1 N–H and O–H groups in total. The van der Waals surface area contributed by atoms with Crippen molar-refractivity contribution in [2.75, 3.05) is 6.61 Å². The molecule has 0 atom stereocenters. The molecular formula is C18H19NO4S. The Balaban J connectivity index is 2.11. The largest absolute Gasteiger partial charge is 0.458 e. The lowest BCUT2D eigenvalue weighted by Gasteiger charge is -2.09. The van der Waals surface area contributed by atoms with Crippen LogP contribution in [0.5, 0.6) is 0 Å². The lowest BCUT2D eigenvalue weighted by molar-refractivity contribution is 0.0540.